The first-order chi connectivity index (χ1) is 9.12. The van der Waals surface area contributed by atoms with Crippen molar-refractivity contribution in [2.24, 2.45) is 0 Å². The molecule has 0 saturated heterocycles. The molecule has 1 aromatic carbocycles. The number of likely N-dealkylation sites (N-methyl/N-ethyl adjacent to an activating group) is 1. The number of anilines is 1. The molecule has 6 heteroatoms. The van der Waals surface area contributed by atoms with Gasteiger partial charge in [0.25, 0.3) is 0 Å². The standard InChI is InChI=1S/C14H18N2O4/c1-14(2,3)16(4)12(18)11(17)15-10-7-5-6-9(8-10)13(19)20/h5-8H,1-4H3,(H,15,17)(H,19,20). The molecule has 0 spiro atoms. The maximum Gasteiger partial charge on any atom is 0.335 e. The minimum atomic E-state index is -1.10. The largest absolute Gasteiger partial charge is 0.478 e. The van der Waals surface area contributed by atoms with Crippen molar-refractivity contribution in [1.29, 1.82) is 0 Å². The summed E-state index contributed by atoms with van der Waals surface area (Å²) in [6.45, 7) is 5.43. The van der Waals surface area contributed by atoms with Crippen LogP contribution in [0.2, 0.25) is 0 Å². The van der Waals surface area contributed by atoms with Crippen LogP contribution in [0, 0.1) is 0 Å². The summed E-state index contributed by atoms with van der Waals surface area (Å²) in [6.07, 6.45) is 0. The first-order valence-corrected chi connectivity index (χ1v) is 6.05. The molecule has 0 heterocycles. The molecule has 6 nitrogen and oxygen atoms in total. The first kappa shape index (κ1) is 15.7. The lowest BCUT2D eigenvalue weighted by molar-refractivity contribution is -0.145. The Labute approximate surface area is 117 Å². The van der Waals surface area contributed by atoms with Crippen LogP contribution in [0.4, 0.5) is 5.69 Å². The summed E-state index contributed by atoms with van der Waals surface area (Å²) in [6, 6.07) is 5.72. The topological polar surface area (TPSA) is 86.7 Å². The molecule has 0 atom stereocenters. The van der Waals surface area contributed by atoms with E-state index in [0.29, 0.717) is 0 Å². The Morgan fingerprint density at radius 3 is 2.30 bits per heavy atom. The fourth-order valence-corrected chi connectivity index (χ4v) is 1.37. The van der Waals surface area contributed by atoms with Crippen LogP contribution in [-0.2, 0) is 9.59 Å². The van der Waals surface area contributed by atoms with Gasteiger partial charge in [0.1, 0.15) is 0 Å². The van der Waals surface area contributed by atoms with Gasteiger partial charge in [-0.1, -0.05) is 6.07 Å². The maximum absolute atomic E-state index is 11.9. The summed E-state index contributed by atoms with van der Waals surface area (Å²) in [7, 11) is 1.54. The highest BCUT2D eigenvalue weighted by Crippen LogP contribution is 2.13. The van der Waals surface area contributed by atoms with Gasteiger partial charge in [0.2, 0.25) is 0 Å². The van der Waals surface area contributed by atoms with E-state index in [-0.39, 0.29) is 11.3 Å². The van der Waals surface area contributed by atoms with Gasteiger partial charge in [-0.2, -0.15) is 0 Å². The second kappa shape index (κ2) is 5.73. The lowest BCUT2D eigenvalue weighted by Gasteiger charge is -2.31. The van der Waals surface area contributed by atoms with Gasteiger partial charge in [-0.15, -0.1) is 0 Å². The van der Waals surface area contributed by atoms with E-state index in [1.165, 1.54) is 36.2 Å². The molecular formula is C14H18N2O4. The molecule has 0 aliphatic rings. The van der Waals surface area contributed by atoms with Crippen molar-refractivity contribution >= 4 is 23.5 Å². The van der Waals surface area contributed by atoms with Gasteiger partial charge in [-0.25, -0.2) is 4.79 Å². The lowest BCUT2D eigenvalue weighted by Crippen LogP contribution is -2.47. The average Bonchev–Trinajstić information content (AvgIpc) is 2.36. The molecule has 0 aliphatic heterocycles. The summed E-state index contributed by atoms with van der Waals surface area (Å²) in [5, 5.41) is 11.3. The maximum atomic E-state index is 11.9. The molecule has 108 valence electrons. The van der Waals surface area contributed by atoms with E-state index < -0.39 is 23.3 Å². The number of hydrogen-bond acceptors (Lipinski definition) is 3. The predicted molar refractivity (Wildman–Crippen MR) is 74.6 cm³/mol. The summed E-state index contributed by atoms with van der Waals surface area (Å²) < 4.78 is 0. The molecule has 0 radical (unpaired) electrons. The van der Waals surface area contributed by atoms with E-state index in [4.69, 9.17) is 5.11 Å². The number of amides is 2. The number of nitrogens with one attached hydrogen (secondary N) is 1. The summed E-state index contributed by atoms with van der Waals surface area (Å²) in [5.41, 5.74) is -0.165. The van der Waals surface area contributed by atoms with Crippen molar-refractivity contribution in [2.45, 2.75) is 26.3 Å². The van der Waals surface area contributed by atoms with Crippen LogP contribution in [0.25, 0.3) is 0 Å². The molecule has 0 unspecified atom stereocenters. The van der Waals surface area contributed by atoms with Gasteiger partial charge < -0.3 is 15.3 Å². The number of nitrogens with zero attached hydrogens (tertiary/aromatic N) is 1. The molecule has 0 bridgehead atoms. The van der Waals surface area contributed by atoms with E-state index in [1.54, 1.807) is 0 Å². The molecule has 1 rings (SSSR count). The Kier molecular flexibility index (Phi) is 4.49. The highest BCUT2D eigenvalue weighted by Gasteiger charge is 2.27. The summed E-state index contributed by atoms with van der Waals surface area (Å²) in [5.74, 6) is -2.58. The molecule has 0 saturated carbocycles. The SMILES string of the molecule is CN(C(=O)C(=O)Nc1cccc(C(=O)O)c1)C(C)(C)C. The van der Waals surface area contributed by atoms with Crippen LogP contribution < -0.4 is 5.32 Å². The van der Waals surface area contributed by atoms with Crippen LogP contribution in [0.5, 0.6) is 0 Å². The Balaban J connectivity index is 2.83. The fourth-order valence-electron chi connectivity index (χ4n) is 1.37. The number of carbonyl (C=O) groups is 3. The third-order valence-corrected chi connectivity index (χ3v) is 2.87. The van der Waals surface area contributed by atoms with E-state index in [0.717, 1.165) is 0 Å². The highest BCUT2D eigenvalue weighted by atomic mass is 16.4. The number of benzene rings is 1. The predicted octanol–water partition coefficient (Wildman–Crippen LogP) is 1.58. The quantitative estimate of drug-likeness (QED) is 0.804. The lowest BCUT2D eigenvalue weighted by atomic mass is 10.1. The van der Waals surface area contributed by atoms with Crippen molar-refractivity contribution in [3.63, 3.8) is 0 Å². The van der Waals surface area contributed by atoms with Crippen LogP contribution in [-0.4, -0.2) is 40.4 Å². The Morgan fingerprint density at radius 2 is 1.80 bits per heavy atom. The van der Waals surface area contributed by atoms with E-state index in [1.807, 2.05) is 20.8 Å². The van der Waals surface area contributed by atoms with E-state index >= 15 is 0 Å². The van der Waals surface area contributed by atoms with Gasteiger partial charge >= 0.3 is 17.8 Å². The summed E-state index contributed by atoms with van der Waals surface area (Å²) >= 11 is 0. The molecule has 2 N–H and O–H groups in total. The van der Waals surface area contributed by atoms with Crippen LogP contribution in [0.3, 0.4) is 0 Å². The van der Waals surface area contributed by atoms with Crippen molar-refractivity contribution in [3.8, 4) is 0 Å². The summed E-state index contributed by atoms with van der Waals surface area (Å²) in [4.78, 5) is 35.9. The highest BCUT2D eigenvalue weighted by molar-refractivity contribution is 6.39. The minimum Gasteiger partial charge on any atom is -0.478 e. The van der Waals surface area contributed by atoms with Crippen molar-refractivity contribution in [2.75, 3.05) is 12.4 Å². The third-order valence-electron chi connectivity index (χ3n) is 2.87. The Bertz CT molecular complexity index is 546. The van der Waals surface area contributed by atoms with Crippen LogP contribution in [0.15, 0.2) is 24.3 Å². The fraction of sp³-hybridized carbons (Fsp3) is 0.357. The molecule has 20 heavy (non-hydrogen) atoms. The number of carbonyl (C=O) groups excluding carboxylic acids is 2. The van der Waals surface area contributed by atoms with Crippen molar-refractivity contribution < 1.29 is 19.5 Å². The molecule has 1 aromatic rings. The van der Waals surface area contributed by atoms with E-state index in [2.05, 4.69) is 5.32 Å². The van der Waals surface area contributed by atoms with Gasteiger partial charge in [0, 0.05) is 18.3 Å². The van der Waals surface area contributed by atoms with Crippen molar-refractivity contribution in [3.05, 3.63) is 29.8 Å². The zero-order valence-corrected chi connectivity index (χ0v) is 11.9. The first-order valence-electron chi connectivity index (χ1n) is 6.05. The van der Waals surface area contributed by atoms with Crippen molar-refractivity contribution in [1.82, 2.24) is 4.90 Å². The zero-order chi connectivity index (χ0) is 15.5. The van der Waals surface area contributed by atoms with Crippen LogP contribution >= 0.6 is 0 Å². The Hall–Kier alpha value is -2.37. The zero-order valence-electron chi connectivity index (χ0n) is 11.9. The average molecular weight is 278 g/mol. The van der Waals surface area contributed by atoms with Gasteiger partial charge in [-0.05, 0) is 39.0 Å². The van der Waals surface area contributed by atoms with Gasteiger partial charge in [0.05, 0.1) is 5.56 Å². The molecule has 2 amide bonds. The number of carboxylic acid groups (broad SMARTS) is 1. The molecule has 0 aliphatic carbocycles. The second-order valence-corrected chi connectivity index (χ2v) is 5.38. The molecule has 0 aromatic heterocycles. The number of aromatic carboxylic acids is 1. The number of rotatable bonds is 2. The molecule has 0 fully saturated rings. The molecular weight excluding hydrogens is 260 g/mol. The second-order valence-electron chi connectivity index (χ2n) is 5.38. The van der Waals surface area contributed by atoms with Gasteiger partial charge in [0.15, 0.2) is 0 Å². The Morgan fingerprint density at radius 1 is 1.20 bits per heavy atom. The normalized spacial score (nSPS) is 10.8. The monoisotopic (exact) mass is 278 g/mol. The van der Waals surface area contributed by atoms with Gasteiger partial charge in [-0.3, -0.25) is 9.59 Å². The third kappa shape index (κ3) is 3.81. The smallest absolute Gasteiger partial charge is 0.335 e. The number of hydrogen-bond donors (Lipinski definition) is 2. The minimum absolute atomic E-state index is 0.0411. The number of carboxylic acids is 1. The van der Waals surface area contributed by atoms with E-state index in [9.17, 15) is 14.4 Å². The van der Waals surface area contributed by atoms with Crippen LogP contribution in [0.1, 0.15) is 31.1 Å².